The number of benzene rings is 2. The van der Waals surface area contributed by atoms with E-state index in [0.717, 1.165) is 61.1 Å². The predicted molar refractivity (Wildman–Crippen MR) is 128 cm³/mol. The number of aromatic amines is 1. The third kappa shape index (κ3) is 4.96. The second-order valence-electron chi connectivity index (χ2n) is 8.12. The molecule has 0 spiro atoms. The average molecular weight is 479 g/mol. The minimum atomic E-state index is -0.832. The van der Waals surface area contributed by atoms with Gasteiger partial charge in [0.25, 0.3) is 5.09 Å². The van der Waals surface area contributed by atoms with Gasteiger partial charge in [0.15, 0.2) is 11.5 Å². The number of methoxy groups -OCH3 is 1. The highest BCUT2D eigenvalue weighted by atomic mass is 17.0. The van der Waals surface area contributed by atoms with E-state index in [-0.39, 0.29) is 5.75 Å². The van der Waals surface area contributed by atoms with Crippen LogP contribution < -0.4 is 14.3 Å². The highest BCUT2D eigenvalue weighted by Crippen LogP contribution is 2.38. The van der Waals surface area contributed by atoms with Gasteiger partial charge in [0.2, 0.25) is 0 Å². The van der Waals surface area contributed by atoms with Crippen LogP contribution in [-0.4, -0.2) is 71.5 Å². The quantitative estimate of drug-likeness (QED) is 0.218. The van der Waals surface area contributed by atoms with Crippen molar-refractivity contribution in [2.75, 3.05) is 46.6 Å². The Hall–Kier alpha value is -3.96. The SMILES string of the molecule is COc1cc2c(-c3c[nH]c4ccc(O[N+](=O)[O-])cc34)ncnc2cc1OCCCN1CCOCC1. The number of rotatable bonds is 9. The van der Waals surface area contributed by atoms with E-state index in [1.165, 1.54) is 12.4 Å². The predicted octanol–water partition coefficient (Wildman–Crippen LogP) is 3.46. The summed E-state index contributed by atoms with van der Waals surface area (Å²) in [6.45, 7) is 4.97. The first-order valence-electron chi connectivity index (χ1n) is 11.3. The molecule has 0 bridgehead atoms. The molecule has 182 valence electrons. The number of nitrogens with zero attached hydrogens (tertiary/aromatic N) is 4. The molecule has 2 aromatic heterocycles. The second-order valence-corrected chi connectivity index (χ2v) is 8.12. The van der Waals surface area contributed by atoms with Gasteiger partial charge in [0.05, 0.1) is 38.1 Å². The van der Waals surface area contributed by atoms with Crippen LogP contribution in [0, 0.1) is 10.1 Å². The van der Waals surface area contributed by atoms with Crippen LogP contribution in [0.1, 0.15) is 6.42 Å². The van der Waals surface area contributed by atoms with Gasteiger partial charge in [-0.2, -0.15) is 0 Å². The highest BCUT2D eigenvalue weighted by molar-refractivity contribution is 6.03. The van der Waals surface area contributed by atoms with Crippen molar-refractivity contribution in [1.82, 2.24) is 19.9 Å². The third-order valence-corrected chi connectivity index (χ3v) is 5.99. The van der Waals surface area contributed by atoms with Crippen molar-refractivity contribution in [1.29, 1.82) is 0 Å². The Balaban J connectivity index is 1.42. The molecule has 1 fully saturated rings. The number of morpholine rings is 1. The molecular formula is C24H25N5O6. The molecule has 0 unspecified atom stereocenters. The number of H-pyrrole nitrogens is 1. The first-order valence-corrected chi connectivity index (χ1v) is 11.3. The van der Waals surface area contributed by atoms with E-state index in [1.807, 2.05) is 18.3 Å². The summed E-state index contributed by atoms with van der Waals surface area (Å²) in [4.78, 5) is 29.9. The van der Waals surface area contributed by atoms with Crippen LogP contribution in [0.3, 0.4) is 0 Å². The molecule has 1 aliphatic rings. The Morgan fingerprint density at radius 3 is 2.80 bits per heavy atom. The van der Waals surface area contributed by atoms with Gasteiger partial charge in [-0.1, -0.05) is 0 Å². The molecule has 0 atom stereocenters. The first kappa shape index (κ1) is 22.8. The van der Waals surface area contributed by atoms with Gasteiger partial charge >= 0.3 is 0 Å². The van der Waals surface area contributed by atoms with Crippen molar-refractivity contribution >= 4 is 21.8 Å². The molecule has 0 saturated carbocycles. The number of hydrogen-bond donors (Lipinski definition) is 1. The van der Waals surface area contributed by atoms with Crippen LogP contribution in [0.5, 0.6) is 17.2 Å². The summed E-state index contributed by atoms with van der Waals surface area (Å²) >= 11 is 0. The molecule has 0 radical (unpaired) electrons. The number of fused-ring (bicyclic) bond motifs is 2. The zero-order chi connectivity index (χ0) is 24.2. The summed E-state index contributed by atoms with van der Waals surface area (Å²) in [6.07, 6.45) is 4.19. The van der Waals surface area contributed by atoms with Crippen molar-refractivity contribution in [2.45, 2.75) is 6.42 Å². The third-order valence-electron chi connectivity index (χ3n) is 5.99. The standard InChI is InChI=1S/C24H25N5O6/c1-32-22-12-18-21(13-23(22)34-8-2-5-28-6-9-33-10-7-28)26-15-27-24(18)19-14-25-20-4-3-16(11-17(19)20)35-29(30)31/h3-4,11-15,25H,2,5-10H2,1H3. The van der Waals surface area contributed by atoms with Gasteiger partial charge in [-0.3, -0.25) is 9.74 Å². The summed E-state index contributed by atoms with van der Waals surface area (Å²) in [5.41, 5.74) is 2.93. The van der Waals surface area contributed by atoms with E-state index >= 15 is 0 Å². The normalized spacial score (nSPS) is 14.3. The van der Waals surface area contributed by atoms with Crippen LogP contribution in [0.15, 0.2) is 42.9 Å². The molecule has 1 saturated heterocycles. The highest BCUT2D eigenvalue weighted by Gasteiger charge is 2.17. The van der Waals surface area contributed by atoms with Crippen molar-refractivity contribution in [3.8, 4) is 28.5 Å². The summed E-state index contributed by atoms with van der Waals surface area (Å²) in [5, 5.41) is 11.5. The molecule has 5 rings (SSSR count). The summed E-state index contributed by atoms with van der Waals surface area (Å²) in [5.74, 6) is 1.33. The van der Waals surface area contributed by atoms with E-state index in [2.05, 4.69) is 24.7 Å². The maximum Gasteiger partial charge on any atom is 0.299 e. The molecule has 0 aliphatic carbocycles. The second kappa shape index (κ2) is 10.1. The molecule has 1 aliphatic heterocycles. The lowest BCUT2D eigenvalue weighted by Crippen LogP contribution is -2.37. The molecule has 2 aromatic carbocycles. The Bertz CT molecular complexity index is 1350. The van der Waals surface area contributed by atoms with E-state index < -0.39 is 5.09 Å². The zero-order valence-electron chi connectivity index (χ0n) is 19.2. The fourth-order valence-electron chi connectivity index (χ4n) is 4.28. The van der Waals surface area contributed by atoms with Gasteiger partial charge in [-0.15, -0.1) is 10.1 Å². The monoisotopic (exact) mass is 479 g/mol. The Morgan fingerprint density at radius 1 is 1.14 bits per heavy atom. The lowest BCUT2D eigenvalue weighted by Gasteiger charge is -2.26. The van der Waals surface area contributed by atoms with Gasteiger partial charge in [0, 0.05) is 53.8 Å². The largest absolute Gasteiger partial charge is 0.493 e. The van der Waals surface area contributed by atoms with Crippen molar-refractivity contribution in [2.24, 2.45) is 0 Å². The topological polar surface area (TPSA) is 125 Å². The van der Waals surface area contributed by atoms with E-state index in [0.29, 0.717) is 29.3 Å². The molecule has 0 amide bonds. The first-order chi connectivity index (χ1) is 17.1. The fraction of sp³-hybridized carbons (Fsp3) is 0.333. The summed E-state index contributed by atoms with van der Waals surface area (Å²) in [6, 6.07) is 8.59. The molecule has 1 N–H and O–H groups in total. The average Bonchev–Trinajstić information content (AvgIpc) is 3.29. The van der Waals surface area contributed by atoms with E-state index in [9.17, 15) is 10.1 Å². The van der Waals surface area contributed by atoms with Gasteiger partial charge in [0.1, 0.15) is 12.1 Å². The fourth-order valence-corrected chi connectivity index (χ4v) is 4.28. The van der Waals surface area contributed by atoms with Crippen LogP contribution >= 0.6 is 0 Å². The molecule has 4 aromatic rings. The Kier molecular flexibility index (Phi) is 6.59. The molecular weight excluding hydrogens is 454 g/mol. The van der Waals surface area contributed by atoms with Crippen molar-refractivity contribution < 1.29 is 24.1 Å². The maximum absolute atomic E-state index is 10.8. The number of ether oxygens (including phenoxy) is 3. The maximum atomic E-state index is 10.8. The van der Waals surface area contributed by atoms with Gasteiger partial charge in [-0.05, 0) is 30.7 Å². The number of hydrogen-bond acceptors (Lipinski definition) is 9. The summed E-state index contributed by atoms with van der Waals surface area (Å²) < 4.78 is 17.1. The van der Waals surface area contributed by atoms with Crippen molar-refractivity contribution in [3.05, 3.63) is 53.0 Å². The van der Waals surface area contributed by atoms with Crippen LogP contribution in [0.25, 0.3) is 33.1 Å². The van der Waals surface area contributed by atoms with Crippen LogP contribution in [0.4, 0.5) is 0 Å². The number of aromatic nitrogens is 3. The molecule has 11 heteroatoms. The van der Waals surface area contributed by atoms with Gasteiger partial charge in [-0.25, -0.2) is 9.97 Å². The van der Waals surface area contributed by atoms with Crippen LogP contribution in [-0.2, 0) is 4.74 Å². The van der Waals surface area contributed by atoms with Crippen molar-refractivity contribution in [3.63, 3.8) is 0 Å². The van der Waals surface area contributed by atoms with Gasteiger partial charge < -0.3 is 19.2 Å². The molecule has 11 nitrogen and oxygen atoms in total. The Morgan fingerprint density at radius 2 is 2.00 bits per heavy atom. The zero-order valence-corrected chi connectivity index (χ0v) is 19.2. The summed E-state index contributed by atoms with van der Waals surface area (Å²) in [7, 11) is 1.60. The lowest BCUT2D eigenvalue weighted by molar-refractivity contribution is -0.711. The minimum absolute atomic E-state index is 0.132. The van der Waals surface area contributed by atoms with E-state index in [1.54, 1.807) is 19.2 Å². The minimum Gasteiger partial charge on any atom is -0.493 e. The lowest BCUT2D eigenvalue weighted by atomic mass is 10.0. The Labute approximate surface area is 200 Å². The van der Waals surface area contributed by atoms with Crippen LogP contribution in [0.2, 0.25) is 0 Å². The molecule has 3 heterocycles. The smallest absolute Gasteiger partial charge is 0.299 e. The van der Waals surface area contributed by atoms with E-state index in [4.69, 9.17) is 14.2 Å². The molecule has 35 heavy (non-hydrogen) atoms. The number of nitrogens with one attached hydrogen (secondary N) is 1.